The van der Waals surface area contributed by atoms with Gasteiger partial charge in [0.1, 0.15) is 5.82 Å². The van der Waals surface area contributed by atoms with Gasteiger partial charge in [-0.05, 0) is 24.9 Å². The van der Waals surface area contributed by atoms with Crippen LogP contribution in [0.5, 0.6) is 0 Å². The van der Waals surface area contributed by atoms with Crippen LogP contribution in [0.3, 0.4) is 0 Å². The zero-order valence-electron chi connectivity index (χ0n) is 9.85. The lowest BCUT2D eigenvalue weighted by atomic mass is 10.2. The van der Waals surface area contributed by atoms with Crippen LogP contribution in [0, 0.1) is 0 Å². The monoisotopic (exact) mass is 255 g/mol. The number of aromatic carboxylic acids is 1. The van der Waals surface area contributed by atoms with E-state index in [1.165, 1.54) is 31.0 Å². The number of hydrogen-bond donors (Lipinski definition) is 2. The fourth-order valence-electron chi connectivity index (χ4n) is 1.32. The molecule has 0 bridgehead atoms. The van der Waals surface area contributed by atoms with Crippen molar-refractivity contribution in [1.29, 1.82) is 0 Å². The topological polar surface area (TPSA) is 75.1 Å². The van der Waals surface area contributed by atoms with Gasteiger partial charge in [-0.1, -0.05) is 6.42 Å². The number of nitrogens with zero attached hydrogens (tertiary/aromatic N) is 2. The van der Waals surface area contributed by atoms with Gasteiger partial charge in [-0.25, -0.2) is 9.78 Å². The summed E-state index contributed by atoms with van der Waals surface area (Å²) < 4.78 is 0. The van der Waals surface area contributed by atoms with Crippen LogP contribution in [0.4, 0.5) is 5.82 Å². The highest BCUT2D eigenvalue weighted by Gasteiger charge is 2.05. The molecule has 2 N–H and O–H groups in total. The maximum atomic E-state index is 10.7. The van der Waals surface area contributed by atoms with Crippen molar-refractivity contribution in [2.45, 2.75) is 19.3 Å². The third-order valence-corrected chi connectivity index (χ3v) is 2.88. The normalized spacial score (nSPS) is 10.2. The maximum absolute atomic E-state index is 10.7. The van der Waals surface area contributed by atoms with E-state index in [0.717, 1.165) is 13.0 Å². The third kappa shape index (κ3) is 5.53. The summed E-state index contributed by atoms with van der Waals surface area (Å²) in [5.41, 5.74) is -0.0302. The first-order valence-electron chi connectivity index (χ1n) is 5.52. The van der Waals surface area contributed by atoms with Gasteiger partial charge in [0, 0.05) is 6.54 Å². The number of carboxylic acid groups (broad SMARTS) is 1. The van der Waals surface area contributed by atoms with E-state index < -0.39 is 5.97 Å². The Hall–Kier alpha value is -1.30. The molecule has 0 aromatic carbocycles. The van der Waals surface area contributed by atoms with Crippen LogP contribution < -0.4 is 5.32 Å². The Bertz CT molecular complexity index is 360. The summed E-state index contributed by atoms with van der Waals surface area (Å²) in [5, 5.41) is 11.8. The van der Waals surface area contributed by atoms with Gasteiger partial charge in [-0.2, -0.15) is 11.8 Å². The van der Waals surface area contributed by atoms with Crippen molar-refractivity contribution in [3.63, 3.8) is 0 Å². The number of unbranched alkanes of at least 4 members (excludes halogenated alkanes) is 2. The lowest BCUT2D eigenvalue weighted by Gasteiger charge is -2.05. The molecule has 0 unspecified atom stereocenters. The van der Waals surface area contributed by atoms with Crippen LogP contribution >= 0.6 is 11.8 Å². The number of carboxylic acids is 1. The maximum Gasteiger partial charge on any atom is 0.356 e. The number of thioether (sulfide) groups is 1. The minimum atomic E-state index is -1.05. The predicted octanol–water partition coefficient (Wildman–Crippen LogP) is 2.12. The summed E-state index contributed by atoms with van der Waals surface area (Å²) in [4.78, 5) is 18.4. The Morgan fingerprint density at radius 2 is 2.24 bits per heavy atom. The Labute approximate surface area is 105 Å². The van der Waals surface area contributed by atoms with Crippen molar-refractivity contribution in [1.82, 2.24) is 9.97 Å². The highest BCUT2D eigenvalue weighted by atomic mass is 32.2. The molecule has 5 nitrogen and oxygen atoms in total. The number of anilines is 1. The molecule has 0 spiro atoms. The first-order chi connectivity index (χ1) is 8.24. The smallest absolute Gasteiger partial charge is 0.356 e. The van der Waals surface area contributed by atoms with Crippen molar-refractivity contribution in [3.05, 3.63) is 18.1 Å². The van der Waals surface area contributed by atoms with Crippen LogP contribution in [0.15, 0.2) is 12.4 Å². The molecule has 6 heteroatoms. The number of nitrogens with one attached hydrogen (secondary N) is 1. The summed E-state index contributed by atoms with van der Waals surface area (Å²) in [5.74, 6) is 0.657. The molecule has 17 heavy (non-hydrogen) atoms. The van der Waals surface area contributed by atoms with Gasteiger partial charge in [0.25, 0.3) is 0 Å². The third-order valence-electron chi connectivity index (χ3n) is 2.19. The molecule has 0 atom stereocenters. The van der Waals surface area contributed by atoms with E-state index in [4.69, 9.17) is 5.11 Å². The molecule has 0 saturated heterocycles. The van der Waals surface area contributed by atoms with E-state index in [9.17, 15) is 4.79 Å². The number of hydrogen-bond acceptors (Lipinski definition) is 5. The van der Waals surface area contributed by atoms with E-state index >= 15 is 0 Å². The van der Waals surface area contributed by atoms with Crippen LogP contribution in [0.25, 0.3) is 0 Å². The van der Waals surface area contributed by atoms with Crippen LogP contribution in [-0.4, -0.2) is 39.6 Å². The van der Waals surface area contributed by atoms with E-state index in [1.807, 2.05) is 11.8 Å². The molecular weight excluding hydrogens is 238 g/mol. The largest absolute Gasteiger partial charge is 0.476 e. The molecule has 0 amide bonds. The number of rotatable bonds is 8. The minimum absolute atomic E-state index is 0.0302. The molecule has 0 aliphatic carbocycles. The fraction of sp³-hybridized carbons (Fsp3) is 0.545. The van der Waals surface area contributed by atoms with Gasteiger partial charge in [0.05, 0.1) is 12.4 Å². The summed E-state index contributed by atoms with van der Waals surface area (Å²) in [6.45, 7) is 0.798. The molecule has 1 aromatic heterocycles. The molecule has 0 saturated carbocycles. The second kappa shape index (κ2) is 7.89. The van der Waals surface area contributed by atoms with Gasteiger partial charge >= 0.3 is 5.97 Å². The number of aromatic nitrogens is 2. The van der Waals surface area contributed by atoms with Crippen molar-refractivity contribution in [3.8, 4) is 0 Å². The summed E-state index contributed by atoms with van der Waals surface area (Å²) in [6.07, 6.45) is 8.31. The molecule has 1 rings (SSSR count). The predicted molar refractivity (Wildman–Crippen MR) is 69.7 cm³/mol. The summed E-state index contributed by atoms with van der Waals surface area (Å²) in [6, 6.07) is 0. The van der Waals surface area contributed by atoms with Crippen molar-refractivity contribution in [2.24, 2.45) is 0 Å². The highest BCUT2D eigenvalue weighted by molar-refractivity contribution is 7.98. The lowest BCUT2D eigenvalue weighted by molar-refractivity contribution is 0.0690. The molecule has 0 aliphatic rings. The summed E-state index contributed by atoms with van der Waals surface area (Å²) >= 11 is 1.85. The Morgan fingerprint density at radius 3 is 2.94 bits per heavy atom. The van der Waals surface area contributed by atoms with E-state index in [2.05, 4.69) is 21.5 Å². The van der Waals surface area contributed by atoms with Crippen molar-refractivity contribution >= 4 is 23.5 Å². The first-order valence-corrected chi connectivity index (χ1v) is 6.91. The van der Waals surface area contributed by atoms with Gasteiger partial charge in [0.2, 0.25) is 0 Å². The van der Waals surface area contributed by atoms with Crippen molar-refractivity contribution < 1.29 is 9.90 Å². The second-order valence-electron chi connectivity index (χ2n) is 3.57. The standard InChI is InChI=1S/C11H17N3O2S/c1-17-6-4-2-3-5-13-10-8-12-7-9(14-10)11(15)16/h7-8H,2-6H2,1H3,(H,13,14)(H,15,16). The first kappa shape index (κ1) is 13.8. The molecule has 0 fully saturated rings. The van der Waals surface area contributed by atoms with Crippen LogP contribution in [-0.2, 0) is 0 Å². The zero-order chi connectivity index (χ0) is 12.5. The SMILES string of the molecule is CSCCCCCNc1cncc(C(=O)O)n1. The zero-order valence-corrected chi connectivity index (χ0v) is 10.7. The highest BCUT2D eigenvalue weighted by Crippen LogP contribution is 2.05. The average Bonchev–Trinajstić information content (AvgIpc) is 2.34. The van der Waals surface area contributed by atoms with E-state index in [0.29, 0.717) is 5.82 Å². The lowest BCUT2D eigenvalue weighted by Crippen LogP contribution is -2.07. The van der Waals surface area contributed by atoms with E-state index in [-0.39, 0.29) is 5.69 Å². The van der Waals surface area contributed by atoms with Crippen molar-refractivity contribution in [2.75, 3.05) is 23.9 Å². The Balaban J connectivity index is 2.27. The molecule has 94 valence electrons. The quantitative estimate of drug-likeness (QED) is 0.693. The average molecular weight is 255 g/mol. The van der Waals surface area contributed by atoms with Crippen LogP contribution in [0.2, 0.25) is 0 Å². The molecule has 0 aliphatic heterocycles. The van der Waals surface area contributed by atoms with Crippen LogP contribution in [0.1, 0.15) is 29.8 Å². The molecule has 0 radical (unpaired) electrons. The van der Waals surface area contributed by atoms with Gasteiger partial charge < -0.3 is 10.4 Å². The van der Waals surface area contributed by atoms with Gasteiger partial charge in [0.15, 0.2) is 5.69 Å². The molecular formula is C11H17N3O2S. The number of carbonyl (C=O) groups is 1. The Kier molecular flexibility index (Phi) is 6.39. The van der Waals surface area contributed by atoms with Gasteiger partial charge in [-0.3, -0.25) is 4.98 Å². The fourth-order valence-corrected chi connectivity index (χ4v) is 1.81. The second-order valence-corrected chi connectivity index (χ2v) is 4.56. The molecule has 1 heterocycles. The molecule has 1 aromatic rings. The Morgan fingerprint density at radius 1 is 1.41 bits per heavy atom. The minimum Gasteiger partial charge on any atom is -0.476 e. The van der Waals surface area contributed by atoms with E-state index in [1.54, 1.807) is 0 Å². The summed E-state index contributed by atoms with van der Waals surface area (Å²) in [7, 11) is 0. The van der Waals surface area contributed by atoms with Gasteiger partial charge in [-0.15, -0.1) is 0 Å².